The first-order valence-electron chi connectivity index (χ1n) is 7.12. The molecule has 21 heavy (non-hydrogen) atoms. The molecular weight excluding hydrogens is 267 g/mol. The number of rotatable bonds is 2. The van der Waals surface area contributed by atoms with Gasteiger partial charge in [0.2, 0.25) is 0 Å². The summed E-state index contributed by atoms with van der Waals surface area (Å²) in [5, 5.41) is 2.91. The molecule has 3 nitrogen and oxygen atoms in total. The van der Waals surface area contributed by atoms with Gasteiger partial charge in [-0.2, -0.15) is 0 Å². The van der Waals surface area contributed by atoms with Gasteiger partial charge in [0, 0.05) is 12.2 Å². The zero-order valence-corrected chi connectivity index (χ0v) is 11.6. The molecule has 2 aromatic carbocycles. The minimum Gasteiger partial charge on any atom is -0.317 e. The third kappa shape index (κ3) is 3.05. The molecule has 108 valence electrons. The molecule has 0 aromatic heterocycles. The molecule has 0 aliphatic carbocycles. The van der Waals surface area contributed by atoms with Crippen molar-refractivity contribution in [3.05, 3.63) is 66.0 Å². The Bertz CT molecular complexity index is 612. The molecule has 1 heterocycles. The van der Waals surface area contributed by atoms with Crippen LogP contribution in [0.5, 0.6) is 0 Å². The summed E-state index contributed by atoms with van der Waals surface area (Å²) in [4.78, 5) is 14.2. The molecule has 3 rings (SSSR count). The minimum absolute atomic E-state index is 0.0225. The molecular formula is C17H17FN2O. The molecule has 1 fully saturated rings. The number of carbonyl (C=O) groups excluding carboxylic acids is 1. The van der Waals surface area contributed by atoms with Crippen LogP contribution in [0, 0.1) is 5.82 Å². The summed E-state index contributed by atoms with van der Waals surface area (Å²) < 4.78 is 13.0. The first-order chi connectivity index (χ1) is 10.2. The van der Waals surface area contributed by atoms with Crippen molar-refractivity contribution >= 4 is 11.7 Å². The van der Waals surface area contributed by atoms with E-state index in [0.29, 0.717) is 0 Å². The molecule has 1 N–H and O–H groups in total. The number of carbonyl (C=O) groups is 1. The summed E-state index contributed by atoms with van der Waals surface area (Å²) in [5.74, 6) is -0.253. The number of amides is 2. The van der Waals surface area contributed by atoms with Gasteiger partial charge in [-0.05, 0) is 42.7 Å². The molecule has 1 aliphatic rings. The summed E-state index contributed by atoms with van der Waals surface area (Å²) >= 11 is 0. The number of nitrogens with zero attached hydrogens (tertiary/aromatic N) is 1. The molecule has 0 radical (unpaired) electrons. The molecule has 1 saturated heterocycles. The third-order valence-corrected chi connectivity index (χ3v) is 3.79. The highest BCUT2D eigenvalue weighted by atomic mass is 19.1. The highest BCUT2D eigenvalue weighted by Crippen LogP contribution is 2.32. The van der Waals surface area contributed by atoms with E-state index in [1.165, 1.54) is 12.1 Å². The average molecular weight is 284 g/mol. The van der Waals surface area contributed by atoms with Crippen molar-refractivity contribution in [1.82, 2.24) is 4.90 Å². The predicted octanol–water partition coefficient (Wildman–Crippen LogP) is 4.19. The van der Waals surface area contributed by atoms with E-state index in [9.17, 15) is 9.18 Å². The van der Waals surface area contributed by atoms with Crippen LogP contribution in [0.15, 0.2) is 54.6 Å². The Hall–Kier alpha value is -2.36. The van der Waals surface area contributed by atoms with Gasteiger partial charge in [0.15, 0.2) is 0 Å². The van der Waals surface area contributed by atoms with Crippen LogP contribution >= 0.6 is 0 Å². The maximum absolute atomic E-state index is 13.0. The van der Waals surface area contributed by atoms with Crippen LogP contribution in [0.2, 0.25) is 0 Å². The van der Waals surface area contributed by atoms with Crippen molar-refractivity contribution in [2.75, 3.05) is 11.9 Å². The molecule has 2 amide bonds. The van der Waals surface area contributed by atoms with Crippen LogP contribution in [0.3, 0.4) is 0 Å². The fourth-order valence-electron chi connectivity index (χ4n) is 2.76. The van der Waals surface area contributed by atoms with Crippen molar-refractivity contribution in [2.45, 2.75) is 18.9 Å². The topological polar surface area (TPSA) is 32.3 Å². The monoisotopic (exact) mass is 284 g/mol. The number of likely N-dealkylation sites (tertiary alicyclic amines) is 1. The van der Waals surface area contributed by atoms with Gasteiger partial charge in [0.1, 0.15) is 5.82 Å². The number of anilines is 1. The number of hydrogen-bond donors (Lipinski definition) is 1. The van der Waals surface area contributed by atoms with Crippen LogP contribution in [-0.2, 0) is 0 Å². The summed E-state index contributed by atoms with van der Waals surface area (Å²) in [5.41, 5.74) is 1.77. The lowest BCUT2D eigenvalue weighted by Gasteiger charge is -2.25. The summed E-state index contributed by atoms with van der Waals surface area (Å²) in [6.45, 7) is 0.723. The van der Waals surface area contributed by atoms with Gasteiger partial charge in [0.25, 0.3) is 0 Å². The van der Waals surface area contributed by atoms with Gasteiger partial charge in [-0.3, -0.25) is 0 Å². The first kappa shape index (κ1) is 13.6. The smallest absolute Gasteiger partial charge is 0.317 e. The quantitative estimate of drug-likeness (QED) is 0.881. The lowest BCUT2D eigenvalue weighted by molar-refractivity contribution is 0.207. The van der Waals surface area contributed by atoms with Crippen LogP contribution < -0.4 is 5.32 Å². The van der Waals surface area contributed by atoms with Crippen molar-refractivity contribution in [3.63, 3.8) is 0 Å². The average Bonchev–Trinajstić information content (AvgIpc) is 2.98. The molecule has 1 atom stereocenters. The highest BCUT2D eigenvalue weighted by Gasteiger charge is 2.29. The Labute approximate surface area is 123 Å². The summed E-state index contributed by atoms with van der Waals surface area (Å²) in [6, 6.07) is 15.7. The van der Waals surface area contributed by atoms with Gasteiger partial charge in [-0.1, -0.05) is 30.3 Å². The largest absolute Gasteiger partial charge is 0.322 e. The zero-order valence-electron chi connectivity index (χ0n) is 11.6. The zero-order chi connectivity index (χ0) is 14.7. The summed E-state index contributed by atoms with van der Waals surface area (Å²) in [6.07, 6.45) is 1.87. The van der Waals surface area contributed by atoms with E-state index in [0.717, 1.165) is 30.6 Å². The molecule has 1 aliphatic heterocycles. The van der Waals surface area contributed by atoms with Crippen LogP contribution in [0.1, 0.15) is 24.4 Å². The minimum atomic E-state index is -0.253. The van der Waals surface area contributed by atoms with E-state index < -0.39 is 0 Å². The van der Waals surface area contributed by atoms with Crippen LogP contribution in [0.25, 0.3) is 0 Å². The lowest BCUT2D eigenvalue weighted by Crippen LogP contribution is -2.34. The van der Waals surface area contributed by atoms with Gasteiger partial charge in [-0.25, -0.2) is 9.18 Å². The van der Waals surface area contributed by atoms with Crippen molar-refractivity contribution < 1.29 is 9.18 Å². The Kier molecular flexibility index (Phi) is 3.86. The van der Waals surface area contributed by atoms with Gasteiger partial charge in [-0.15, -0.1) is 0 Å². The Morgan fingerprint density at radius 1 is 1.10 bits per heavy atom. The molecule has 0 unspecified atom stereocenters. The Morgan fingerprint density at radius 2 is 1.81 bits per heavy atom. The normalized spacial score (nSPS) is 17.8. The molecule has 0 bridgehead atoms. The number of benzene rings is 2. The number of urea groups is 1. The van der Waals surface area contributed by atoms with Gasteiger partial charge < -0.3 is 10.2 Å². The molecule has 2 aromatic rings. The van der Waals surface area contributed by atoms with E-state index in [-0.39, 0.29) is 17.9 Å². The lowest BCUT2D eigenvalue weighted by atomic mass is 10.0. The number of nitrogens with one attached hydrogen (secondary N) is 1. The van der Waals surface area contributed by atoms with Crippen molar-refractivity contribution in [1.29, 1.82) is 0 Å². The fourth-order valence-corrected chi connectivity index (χ4v) is 2.76. The maximum atomic E-state index is 13.0. The first-order valence-corrected chi connectivity index (χ1v) is 7.12. The Balaban J connectivity index is 1.74. The number of para-hydroxylation sites is 1. The van der Waals surface area contributed by atoms with Crippen molar-refractivity contribution in [3.8, 4) is 0 Å². The highest BCUT2D eigenvalue weighted by molar-refractivity contribution is 5.89. The van der Waals surface area contributed by atoms with Crippen molar-refractivity contribution in [2.24, 2.45) is 0 Å². The van der Waals surface area contributed by atoms with E-state index in [4.69, 9.17) is 0 Å². The second-order valence-corrected chi connectivity index (χ2v) is 5.20. The van der Waals surface area contributed by atoms with E-state index in [2.05, 4.69) is 5.32 Å². The van der Waals surface area contributed by atoms with Gasteiger partial charge in [0.05, 0.1) is 6.04 Å². The number of halogens is 1. The SMILES string of the molecule is O=C(Nc1ccccc1)N1CCC[C@H]1c1ccc(F)cc1. The number of hydrogen-bond acceptors (Lipinski definition) is 1. The second kappa shape index (κ2) is 5.95. The second-order valence-electron chi connectivity index (χ2n) is 5.20. The standard InChI is InChI=1S/C17H17FN2O/c18-14-10-8-13(9-11-14)16-7-4-12-20(16)17(21)19-15-5-2-1-3-6-15/h1-3,5-6,8-11,16H,4,7,12H2,(H,19,21)/t16-/m0/s1. The molecule has 4 heteroatoms. The molecule has 0 saturated carbocycles. The van der Waals surface area contributed by atoms with E-state index in [1.807, 2.05) is 35.2 Å². The maximum Gasteiger partial charge on any atom is 0.322 e. The van der Waals surface area contributed by atoms with E-state index >= 15 is 0 Å². The van der Waals surface area contributed by atoms with E-state index in [1.54, 1.807) is 12.1 Å². The Morgan fingerprint density at radius 3 is 2.52 bits per heavy atom. The molecule has 0 spiro atoms. The van der Waals surface area contributed by atoms with Crippen LogP contribution in [0.4, 0.5) is 14.9 Å². The van der Waals surface area contributed by atoms with Crippen LogP contribution in [-0.4, -0.2) is 17.5 Å². The fraction of sp³-hybridized carbons (Fsp3) is 0.235. The predicted molar refractivity (Wildman–Crippen MR) is 80.5 cm³/mol. The van der Waals surface area contributed by atoms with Gasteiger partial charge >= 0.3 is 6.03 Å². The summed E-state index contributed by atoms with van der Waals surface area (Å²) in [7, 11) is 0. The third-order valence-electron chi connectivity index (χ3n) is 3.79.